The molecule has 0 fully saturated rings. The average Bonchev–Trinajstić information content (AvgIpc) is 2.87. The van der Waals surface area contributed by atoms with Crippen molar-refractivity contribution in [1.29, 1.82) is 0 Å². The average molecular weight is 358 g/mol. The minimum Gasteiger partial charge on any atom is -0.497 e. The fourth-order valence-corrected chi connectivity index (χ4v) is 3.45. The number of aliphatic imine (C=N–C) groups is 1. The van der Waals surface area contributed by atoms with Crippen LogP contribution in [0.2, 0.25) is 0 Å². The highest BCUT2D eigenvalue weighted by Crippen LogP contribution is 2.27. The summed E-state index contributed by atoms with van der Waals surface area (Å²) in [6, 6.07) is 12.4. The molecule has 2 aromatic carbocycles. The number of aryl methyl sites for hydroxylation is 1. The molecule has 0 saturated carbocycles. The molecule has 4 heteroatoms. The number of alkyl halides is 1. The topological polar surface area (TPSA) is 30.8 Å². The number of fused-ring (bicyclic) bond motifs is 1. The number of rotatable bonds is 5. The number of halogens is 1. The smallest absolute Gasteiger partial charge is 0.127 e. The molecule has 1 aliphatic rings. The van der Waals surface area contributed by atoms with Gasteiger partial charge in [-0.25, -0.2) is 0 Å². The van der Waals surface area contributed by atoms with E-state index in [-0.39, 0.29) is 0 Å². The van der Waals surface area contributed by atoms with Crippen LogP contribution in [0.25, 0.3) is 0 Å². The van der Waals surface area contributed by atoms with Crippen molar-refractivity contribution in [2.75, 3.05) is 14.2 Å². The van der Waals surface area contributed by atoms with Crippen molar-refractivity contribution in [3.8, 4) is 11.5 Å². The molecule has 0 aliphatic heterocycles. The van der Waals surface area contributed by atoms with Crippen LogP contribution in [0.3, 0.4) is 0 Å². The lowest BCUT2D eigenvalue weighted by Gasteiger charge is -2.12. The molecule has 132 valence electrons. The Balaban J connectivity index is 1.89. The van der Waals surface area contributed by atoms with Crippen molar-refractivity contribution in [1.82, 2.24) is 0 Å². The highest BCUT2D eigenvalue weighted by atomic mass is 35.5. The number of hydrogen-bond acceptors (Lipinski definition) is 3. The van der Waals surface area contributed by atoms with Gasteiger partial charge < -0.3 is 9.47 Å². The summed E-state index contributed by atoms with van der Waals surface area (Å²) in [5.74, 6) is 2.17. The molecule has 0 atom stereocenters. The molecule has 25 heavy (non-hydrogen) atoms. The van der Waals surface area contributed by atoms with E-state index in [1.54, 1.807) is 14.2 Å². The summed E-state index contributed by atoms with van der Waals surface area (Å²) in [4.78, 5) is 4.94. The maximum absolute atomic E-state index is 5.99. The van der Waals surface area contributed by atoms with Crippen LogP contribution in [0.5, 0.6) is 11.5 Å². The third-order valence-corrected chi connectivity index (χ3v) is 4.99. The summed E-state index contributed by atoms with van der Waals surface area (Å²) < 4.78 is 10.8. The number of nitrogens with zero attached hydrogens (tertiary/aromatic N) is 1. The molecule has 3 rings (SSSR count). The molecule has 0 spiro atoms. The summed E-state index contributed by atoms with van der Waals surface area (Å²) in [6.07, 6.45) is 4.49. The predicted molar refractivity (Wildman–Crippen MR) is 103 cm³/mol. The number of hydrogen-bond donors (Lipinski definition) is 0. The van der Waals surface area contributed by atoms with Gasteiger partial charge in [-0.2, -0.15) is 0 Å². The first-order valence-electron chi connectivity index (χ1n) is 8.67. The quantitative estimate of drug-likeness (QED) is 0.546. The van der Waals surface area contributed by atoms with Gasteiger partial charge in [0.1, 0.15) is 11.5 Å². The third kappa shape index (κ3) is 4.16. The van der Waals surface area contributed by atoms with Gasteiger partial charge in [0.15, 0.2) is 0 Å². The molecular formula is C21H24ClNO2. The van der Waals surface area contributed by atoms with E-state index < -0.39 is 0 Å². The monoisotopic (exact) mass is 357 g/mol. The van der Waals surface area contributed by atoms with Gasteiger partial charge in [-0.15, -0.1) is 11.6 Å². The van der Waals surface area contributed by atoms with Gasteiger partial charge in [0.25, 0.3) is 0 Å². The summed E-state index contributed by atoms with van der Waals surface area (Å²) in [7, 11) is 3.34. The van der Waals surface area contributed by atoms with Crippen LogP contribution < -0.4 is 9.47 Å². The highest BCUT2D eigenvalue weighted by molar-refractivity contribution is 6.17. The summed E-state index contributed by atoms with van der Waals surface area (Å²) >= 11 is 5.99. The molecule has 1 aliphatic carbocycles. The van der Waals surface area contributed by atoms with Gasteiger partial charge in [0.05, 0.1) is 20.8 Å². The normalized spacial score (nSPS) is 15.6. The van der Waals surface area contributed by atoms with Crippen LogP contribution in [0.1, 0.15) is 41.5 Å². The fraction of sp³-hybridized carbons (Fsp3) is 0.381. The van der Waals surface area contributed by atoms with Crippen molar-refractivity contribution >= 4 is 17.3 Å². The van der Waals surface area contributed by atoms with Crippen molar-refractivity contribution < 1.29 is 9.47 Å². The van der Waals surface area contributed by atoms with Crippen LogP contribution >= 0.6 is 11.6 Å². The lowest BCUT2D eigenvalue weighted by molar-refractivity contribution is 0.391. The van der Waals surface area contributed by atoms with E-state index in [9.17, 15) is 0 Å². The zero-order chi connectivity index (χ0) is 17.6. The Kier molecular flexibility index (Phi) is 5.98. The second-order valence-corrected chi connectivity index (χ2v) is 6.54. The summed E-state index contributed by atoms with van der Waals surface area (Å²) in [6.45, 7) is 0.610. The fourth-order valence-electron chi connectivity index (χ4n) is 3.29. The largest absolute Gasteiger partial charge is 0.497 e. The zero-order valence-corrected chi connectivity index (χ0v) is 15.6. The molecular weight excluding hydrogens is 334 g/mol. The van der Waals surface area contributed by atoms with Crippen LogP contribution in [0, 0.1) is 0 Å². The SMILES string of the molecule is COc1ccc(CN=C2CCCCc3cc(CCl)ccc32)c(OC)c1. The van der Waals surface area contributed by atoms with E-state index in [2.05, 4.69) is 18.2 Å². The van der Waals surface area contributed by atoms with E-state index in [1.165, 1.54) is 35.2 Å². The number of ether oxygens (including phenoxy) is 2. The molecule has 0 amide bonds. The Bertz CT molecular complexity index is 770. The molecule has 0 saturated heterocycles. The Hall–Kier alpha value is -2.00. The van der Waals surface area contributed by atoms with Crippen LogP contribution in [0.4, 0.5) is 0 Å². The van der Waals surface area contributed by atoms with Crippen LogP contribution in [0.15, 0.2) is 41.4 Å². The second kappa shape index (κ2) is 8.39. The summed E-state index contributed by atoms with van der Waals surface area (Å²) in [5.41, 5.74) is 6.08. The lowest BCUT2D eigenvalue weighted by atomic mass is 9.99. The van der Waals surface area contributed by atoms with E-state index in [4.69, 9.17) is 26.1 Å². The minimum absolute atomic E-state index is 0.558. The second-order valence-electron chi connectivity index (χ2n) is 6.27. The predicted octanol–water partition coefficient (Wildman–Crippen LogP) is 5.16. The lowest BCUT2D eigenvalue weighted by Crippen LogP contribution is -2.04. The molecule has 0 aromatic heterocycles. The first-order valence-corrected chi connectivity index (χ1v) is 9.21. The van der Waals surface area contributed by atoms with E-state index in [0.29, 0.717) is 12.4 Å². The van der Waals surface area contributed by atoms with Crippen molar-refractivity contribution in [2.24, 2.45) is 4.99 Å². The Morgan fingerprint density at radius 1 is 1.00 bits per heavy atom. The molecule has 0 radical (unpaired) electrons. The Labute approximate surface area is 154 Å². The Morgan fingerprint density at radius 2 is 1.84 bits per heavy atom. The molecule has 0 N–H and O–H groups in total. The standard InChI is InChI=1S/C21H24ClNO2/c1-24-18-9-8-17(21(12-18)25-2)14-23-20-6-4-3-5-16-11-15(13-22)7-10-19(16)20/h7-12H,3-6,13-14H2,1-2H3. The van der Waals surface area contributed by atoms with Crippen molar-refractivity contribution in [3.63, 3.8) is 0 Å². The zero-order valence-electron chi connectivity index (χ0n) is 14.8. The molecule has 0 bridgehead atoms. The van der Waals surface area contributed by atoms with Gasteiger partial charge >= 0.3 is 0 Å². The van der Waals surface area contributed by atoms with Crippen LogP contribution in [-0.2, 0) is 18.8 Å². The maximum Gasteiger partial charge on any atom is 0.127 e. The molecule has 0 heterocycles. The van der Waals surface area contributed by atoms with E-state index in [0.717, 1.165) is 29.9 Å². The van der Waals surface area contributed by atoms with Gasteiger partial charge in [0.2, 0.25) is 0 Å². The van der Waals surface area contributed by atoms with Gasteiger partial charge in [-0.1, -0.05) is 18.2 Å². The highest BCUT2D eigenvalue weighted by Gasteiger charge is 2.14. The van der Waals surface area contributed by atoms with Gasteiger partial charge in [0, 0.05) is 23.2 Å². The summed E-state index contributed by atoms with van der Waals surface area (Å²) in [5, 5.41) is 0. The minimum atomic E-state index is 0.558. The molecule has 2 aromatic rings. The first kappa shape index (κ1) is 17.8. The van der Waals surface area contributed by atoms with E-state index in [1.807, 2.05) is 18.2 Å². The molecule has 0 unspecified atom stereocenters. The maximum atomic E-state index is 5.99. The van der Waals surface area contributed by atoms with Gasteiger partial charge in [-0.3, -0.25) is 4.99 Å². The van der Waals surface area contributed by atoms with Crippen molar-refractivity contribution in [3.05, 3.63) is 58.7 Å². The van der Waals surface area contributed by atoms with Crippen LogP contribution in [-0.4, -0.2) is 19.9 Å². The number of methoxy groups -OCH3 is 2. The Morgan fingerprint density at radius 3 is 2.60 bits per heavy atom. The first-order chi connectivity index (χ1) is 12.2. The number of benzene rings is 2. The molecule has 3 nitrogen and oxygen atoms in total. The van der Waals surface area contributed by atoms with Gasteiger partial charge in [-0.05, 0) is 54.5 Å². The van der Waals surface area contributed by atoms with E-state index >= 15 is 0 Å². The van der Waals surface area contributed by atoms with Crippen molar-refractivity contribution in [2.45, 2.75) is 38.1 Å². The third-order valence-electron chi connectivity index (χ3n) is 4.68.